The zero-order valence-electron chi connectivity index (χ0n) is 10.2. The van der Waals surface area contributed by atoms with Crippen LogP contribution >= 0.6 is 0 Å². The quantitative estimate of drug-likeness (QED) is 0.657. The number of nitrogens with zero attached hydrogens (tertiary/aromatic N) is 1. The lowest BCUT2D eigenvalue weighted by molar-refractivity contribution is 0.0696. The number of aromatic carboxylic acids is 1. The van der Waals surface area contributed by atoms with Gasteiger partial charge in [0.05, 0.1) is 27.5 Å². The van der Waals surface area contributed by atoms with E-state index < -0.39 is 11.9 Å². The molecule has 0 spiro atoms. The molecule has 2 aromatic heterocycles. The van der Waals surface area contributed by atoms with E-state index in [1.807, 2.05) is 0 Å². The number of hydrogen-bond donors (Lipinski definition) is 3. The molecule has 1 aromatic carbocycles. The Morgan fingerprint density at radius 3 is 2.55 bits per heavy atom. The molecule has 0 radical (unpaired) electrons. The molecular formula is C14H10N2O4. The van der Waals surface area contributed by atoms with Crippen LogP contribution in [0.15, 0.2) is 36.5 Å². The van der Waals surface area contributed by atoms with Crippen molar-refractivity contribution in [1.29, 1.82) is 0 Å². The highest BCUT2D eigenvalue weighted by atomic mass is 16.4. The van der Waals surface area contributed by atoms with E-state index in [1.54, 1.807) is 28.8 Å². The highest BCUT2D eigenvalue weighted by Gasteiger charge is 2.20. The number of carboxylic acid groups (broad SMARTS) is 1. The molecule has 0 aliphatic heterocycles. The van der Waals surface area contributed by atoms with Crippen molar-refractivity contribution in [3.05, 3.63) is 47.7 Å². The predicted molar refractivity (Wildman–Crippen MR) is 72.0 cm³/mol. The molecule has 3 aromatic rings. The molecule has 6 heteroatoms. The van der Waals surface area contributed by atoms with Crippen LogP contribution in [0, 0.1) is 0 Å². The lowest BCUT2D eigenvalue weighted by atomic mass is 10.1. The number of phenolic OH excluding ortho intramolecular Hbond substituents is 1. The highest BCUT2D eigenvalue weighted by molar-refractivity contribution is 6.16. The van der Waals surface area contributed by atoms with Crippen LogP contribution in [0.3, 0.4) is 0 Å². The number of amides is 1. The monoisotopic (exact) mass is 270 g/mol. The molecule has 0 fully saturated rings. The smallest absolute Gasteiger partial charge is 0.335 e. The van der Waals surface area contributed by atoms with Crippen molar-refractivity contribution >= 4 is 28.3 Å². The van der Waals surface area contributed by atoms with Crippen molar-refractivity contribution in [3.63, 3.8) is 0 Å². The first-order valence-electron chi connectivity index (χ1n) is 5.79. The largest absolute Gasteiger partial charge is 0.507 e. The second-order valence-electron chi connectivity index (χ2n) is 4.39. The van der Waals surface area contributed by atoms with Crippen molar-refractivity contribution in [2.75, 3.05) is 0 Å². The SMILES string of the molecule is NC(=O)c1c2c(O)cc(C(=O)O)cc2n2ccccc12. The summed E-state index contributed by atoms with van der Waals surface area (Å²) >= 11 is 0. The second-order valence-corrected chi connectivity index (χ2v) is 4.39. The van der Waals surface area contributed by atoms with Gasteiger partial charge in [-0.2, -0.15) is 0 Å². The van der Waals surface area contributed by atoms with Gasteiger partial charge in [-0.3, -0.25) is 4.79 Å². The average Bonchev–Trinajstić information content (AvgIpc) is 2.74. The predicted octanol–water partition coefficient (Wildman–Crippen LogP) is 1.60. The van der Waals surface area contributed by atoms with E-state index in [-0.39, 0.29) is 22.3 Å². The summed E-state index contributed by atoms with van der Waals surface area (Å²) in [6.07, 6.45) is 1.68. The third-order valence-corrected chi connectivity index (χ3v) is 3.22. The van der Waals surface area contributed by atoms with Gasteiger partial charge in [-0.25, -0.2) is 4.79 Å². The summed E-state index contributed by atoms with van der Waals surface area (Å²) in [6, 6.07) is 7.66. The highest BCUT2D eigenvalue weighted by Crippen LogP contribution is 2.34. The Labute approximate surface area is 112 Å². The van der Waals surface area contributed by atoms with E-state index in [0.717, 1.165) is 6.07 Å². The van der Waals surface area contributed by atoms with Crippen molar-refractivity contribution in [1.82, 2.24) is 4.40 Å². The molecule has 3 rings (SSSR count). The number of benzene rings is 1. The lowest BCUT2D eigenvalue weighted by Gasteiger charge is -2.01. The Bertz CT molecular complexity index is 880. The van der Waals surface area contributed by atoms with Gasteiger partial charge in [0, 0.05) is 6.20 Å². The van der Waals surface area contributed by atoms with Gasteiger partial charge < -0.3 is 20.3 Å². The number of rotatable bonds is 2. The maximum absolute atomic E-state index is 11.6. The molecule has 6 nitrogen and oxygen atoms in total. The zero-order valence-corrected chi connectivity index (χ0v) is 10.2. The van der Waals surface area contributed by atoms with Crippen LogP contribution in [0.4, 0.5) is 0 Å². The minimum atomic E-state index is -1.16. The average molecular weight is 270 g/mol. The van der Waals surface area contributed by atoms with Crippen LogP contribution in [0.5, 0.6) is 5.75 Å². The first kappa shape index (κ1) is 12.0. The van der Waals surface area contributed by atoms with Crippen molar-refractivity contribution in [2.45, 2.75) is 0 Å². The second kappa shape index (κ2) is 3.99. The van der Waals surface area contributed by atoms with Gasteiger partial charge in [0.25, 0.3) is 5.91 Å². The molecule has 0 aliphatic carbocycles. The fourth-order valence-electron chi connectivity index (χ4n) is 2.42. The Balaban J connectivity index is 2.59. The van der Waals surface area contributed by atoms with E-state index in [4.69, 9.17) is 10.8 Å². The summed E-state index contributed by atoms with van der Waals surface area (Å²) in [7, 11) is 0. The number of carboxylic acids is 1. The molecule has 0 unspecified atom stereocenters. The number of carbonyl (C=O) groups is 2. The number of aromatic nitrogens is 1. The van der Waals surface area contributed by atoms with Crippen LogP contribution in [-0.2, 0) is 0 Å². The Kier molecular flexibility index (Phi) is 2.40. The summed E-state index contributed by atoms with van der Waals surface area (Å²) in [5.41, 5.74) is 6.44. The van der Waals surface area contributed by atoms with Gasteiger partial charge in [0.2, 0.25) is 0 Å². The maximum atomic E-state index is 11.6. The number of pyridine rings is 1. The molecule has 0 bridgehead atoms. The minimum Gasteiger partial charge on any atom is -0.507 e. The van der Waals surface area contributed by atoms with E-state index in [0.29, 0.717) is 11.0 Å². The van der Waals surface area contributed by atoms with Crippen LogP contribution < -0.4 is 5.73 Å². The molecule has 4 N–H and O–H groups in total. The molecule has 0 atom stereocenters. The third-order valence-electron chi connectivity index (χ3n) is 3.22. The Morgan fingerprint density at radius 1 is 1.15 bits per heavy atom. The number of carbonyl (C=O) groups excluding carboxylic acids is 1. The topological polar surface area (TPSA) is 105 Å². The van der Waals surface area contributed by atoms with Crippen LogP contribution in [0.25, 0.3) is 16.4 Å². The van der Waals surface area contributed by atoms with Gasteiger partial charge in [-0.15, -0.1) is 0 Å². The summed E-state index contributed by atoms with van der Waals surface area (Å²) in [5.74, 6) is -2.12. The van der Waals surface area contributed by atoms with Gasteiger partial charge in [0.1, 0.15) is 5.75 Å². The minimum absolute atomic E-state index is 0.0609. The maximum Gasteiger partial charge on any atom is 0.335 e. The van der Waals surface area contributed by atoms with Crippen LogP contribution in [0.1, 0.15) is 20.7 Å². The van der Waals surface area contributed by atoms with Gasteiger partial charge in [-0.1, -0.05) is 6.07 Å². The molecular weight excluding hydrogens is 260 g/mol. The molecule has 0 saturated carbocycles. The Morgan fingerprint density at radius 2 is 1.90 bits per heavy atom. The zero-order chi connectivity index (χ0) is 14.4. The number of nitrogens with two attached hydrogens (primary N) is 1. The van der Waals surface area contributed by atoms with Gasteiger partial charge in [-0.05, 0) is 24.3 Å². The molecule has 100 valence electrons. The summed E-state index contributed by atoms with van der Waals surface area (Å²) in [4.78, 5) is 22.7. The number of primary amides is 1. The number of fused-ring (bicyclic) bond motifs is 3. The van der Waals surface area contributed by atoms with E-state index >= 15 is 0 Å². The first-order valence-corrected chi connectivity index (χ1v) is 5.79. The third kappa shape index (κ3) is 1.51. The van der Waals surface area contributed by atoms with Gasteiger partial charge in [0.15, 0.2) is 0 Å². The normalized spacial score (nSPS) is 11.0. The fraction of sp³-hybridized carbons (Fsp3) is 0. The molecule has 0 aliphatic rings. The molecule has 0 saturated heterocycles. The lowest BCUT2D eigenvalue weighted by Crippen LogP contribution is -2.10. The summed E-state index contributed by atoms with van der Waals surface area (Å²) < 4.78 is 1.63. The summed E-state index contributed by atoms with van der Waals surface area (Å²) in [6.45, 7) is 0. The molecule has 20 heavy (non-hydrogen) atoms. The molecule has 2 heterocycles. The number of phenols is 1. The standard InChI is InChI=1S/C14H10N2O4/c15-13(18)12-8-3-1-2-4-16(8)9-5-7(14(19)20)6-10(17)11(9)12/h1-6,17H,(H2,15,18)(H,19,20). The molecule has 1 amide bonds. The Hall–Kier alpha value is -3.02. The van der Waals surface area contributed by atoms with E-state index in [2.05, 4.69) is 0 Å². The van der Waals surface area contributed by atoms with Crippen molar-refractivity contribution in [2.24, 2.45) is 5.73 Å². The van der Waals surface area contributed by atoms with Crippen molar-refractivity contribution in [3.8, 4) is 5.75 Å². The van der Waals surface area contributed by atoms with E-state index in [1.165, 1.54) is 6.07 Å². The van der Waals surface area contributed by atoms with Crippen LogP contribution in [0.2, 0.25) is 0 Å². The number of aromatic hydroxyl groups is 1. The fourth-order valence-corrected chi connectivity index (χ4v) is 2.42. The van der Waals surface area contributed by atoms with Crippen LogP contribution in [-0.4, -0.2) is 26.5 Å². The van der Waals surface area contributed by atoms with Gasteiger partial charge >= 0.3 is 5.97 Å². The first-order chi connectivity index (χ1) is 9.50. The van der Waals surface area contributed by atoms with Crippen molar-refractivity contribution < 1.29 is 19.8 Å². The number of hydrogen-bond acceptors (Lipinski definition) is 3. The van der Waals surface area contributed by atoms with E-state index in [9.17, 15) is 14.7 Å². The summed E-state index contributed by atoms with van der Waals surface area (Å²) in [5, 5.41) is 19.4.